The third-order valence-electron chi connectivity index (χ3n) is 5.18. The van der Waals surface area contributed by atoms with Crippen molar-refractivity contribution in [3.8, 4) is 5.75 Å². The molecule has 3 aromatic rings. The number of ether oxygens (including phenoxy) is 2. The summed E-state index contributed by atoms with van der Waals surface area (Å²) in [5.74, 6) is -0.588. The van der Waals surface area contributed by atoms with Crippen LogP contribution in [-0.4, -0.2) is 71.3 Å². The maximum absolute atomic E-state index is 13.6. The molecule has 2 aromatic heterocycles. The van der Waals surface area contributed by atoms with Gasteiger partial charge in [-0.3, -0.25) is 19.3 Å². The third-order valence-corrected chi connectivity index (χ3v) is 6.22. The van der Waals surface area contributed by atoms with Crippen LogP contribution in [0.5, 0.6) is 5.75 Å². The van der Waals surface area contributed by atoms with E-state index in [4.69, 9.17) is 4.74 Å². The lowest BCUT2D eigenvalue weighted by molar-refractivity contribution is -0.274. The summed E-state index contributed by atoms with van der Waals surface area (Å²) in [5.41, 5.74) is 0.915. The first-order chi connectivity index (χ1) is 15.7. The van der Waals surface area contributed by atoms with Gasteiger partial charge in [-0.1, -0.05) is 11.3 Å². The van der Waals surface area contributed by atoms with E-state index in [1.54, 1.807) is 21.8 Å². The molecule has 0 unspecified atom stereocenters. The van der Waals surface area contributed by atoms with E-state index >= 15 is 0 Å². The summed E-state index contributed by atoms with van der Waals surface area (Å²) in [6.07, 6.45) is -3.21. The monoisotopic (exact) mass is 519 g/mol. The quantitative estimate of drug-likeness (QED) is 0.461. The van der Waals surface area contributed by atoms with E-state index in [0.29, 0.717) is 47.3 Å². The molecule has 1 aromatic carbocycles. The van der Waals surface area contributed by atoms with Crippen LogP contribution in [0.4, 0.5) is 18.3 Å². The second-order valence-electron chi connectivity index (χ2n) is 7.84. The van der Waals surface area contributed by atoms with Gasteiger partial charge in [-0.2, -0.15) is 5.10 Å². The lowest BCUT2D eigenvalue weighted by Gasteiger charge is -2.29. The number of nitrogens with zero attached hydrogens (tertiary/aromatic N) is 5. The van der Waals surface area contributed by atoms with Crippen molar-refractivity contribution >= 4 is 45.0 Å². The molecule has 0 saturated carbocycles. The van der Waals surface area contributed by atoms with E-state index in [2.05, 4.69) is 19.7 Å². The summed E-state index contributed by atoms with van der Waals surface area (Å²) in [6, 6.07) is 5.60. The van der Waals surface area contributed by atoms with Crippen LogP contribution in [0.15, 0.2) is 30.5 Å². The fourth-order valence-electron chi connectivity index (χ4n) is 3.59. The van der Waals surface area contributed by atoms with E-state index in [9.17, 15) is 18.0 Å². The van der Waals surface area contributed by atoms with Crippen molar-refractivity contribution in [2.24, 2.45) is 0 Å². The molecule has 3 heterocycles. The van der Waals surface area contributed by atoms with E-state index < -0.39 is 6.36 Å². The average molecular weight is 520 g/mol. The zero-order valence-corrected chi connectivity index (χ0v) is 20.3. The molecule has 8 nitrogen and oxygen atoms in total. The number of carbonyl (C=O) groups excluding carboxylic acids is 1. The molecular weight excluding hydrogens is 495 g/mol. The third kappa shape index (κ3) is 6.17. The van der Waals surface area contributed by atoms with Crippen LogP contribution in [0.2, 0.25) is 0 Å². The van der Waals surface area contributed by atoms with Gasteiger partial charge in [0.25, 0.3) is 5.91 Å². The number of benzene rings is 1. The molecule has 1 saturated heterocycles. The summed E-state index contributed by atoms with van der Waals surface area (Å²) in [4.78, 5) is 21.9. The van der Waals surface area contributed by atoms with Gasteiger partial charge in [-0.15, -0.1) is 25.6 Å². The molecule has 1 aliphatic rings. The predicted molar refractivity (Wildman–Crippen MR) is 125 cm³/mol. The number of amides is 1. The van der Waals surface area contributed by atoms with Crippen LogP contribution in [0.1, 0.15) is 30.4 Å². The molecule has 0 N–H and O–H groups in total. The van der Waals surface area contributed by atoms with Crippen LogP contribution >= 0.6 is 23.7 Å². The van der Waals surface area contributed by atoms with Crippen LogP contribution in [-0.2, 0) is 4.74 Å². The number of alkyl halides is 3. The average Bonchev–Trinajstić information content (AvgIpc) is 3.40. The first kappa shape index (κ1) is 26.2. The van der Waals surface area contributed by atoms with Gasteiger partial charge in [0.05, 0.1) is 23.4 Å². The minimum Gasteiger partial charge on any atom is -0.406 e. The summed E-state index contributed by atoms with van der Waals surface area (Å²) < 4.78 is 49.4. The number of thiazole rings is 1. The van der Waals surface area contributed by atoms with Crippen molar-refractivity contribution in [2.75, 3.05) is 44.3 Å². The van der Waals surface area contributed by atoms with E-state index in [-0.39, 0.29) is 30.1 Å². The van der Waals surface area contributed by atoms with Gasteiger partial charge in [0.1, 0.15) is 11.4 Å². The Morgan fingerprint density at radius 3 is 2.68 bits per heavy atom. The molecule has 0 radical (unpaired) electrons. The van der Waals surface area contributed by atoms with Crippen LogP contribution < -0.4 is 9.64 Å². The second-order valence-corrected chi connectivity index (χ2v) is 8.85. The molecule has 0 atom stereocenters. The van der Waals surface area contributed by atoms with Crippen molar-refractivity contribution in [2.45, 2.75) is 26.3 Å². The van der Waals surface area contributed by atoms with Gasteiger partial charge in [0.2, 0.25) is 0 Å². The van der Waals surface area contributed by atoms with Gasteiger partial charge >= 0.3 is 6.36 Å². The zero-order chi connectivity index (χ0) is 23.6. The highest BCUT2D eigenvalue weighted by molar-refractivity contribution is 7.22. The number of hydrogen-bond acceptors (Lipinski definition) is 7. The number of anilines is 1. The van der Waals surface area contributed by atoms with Gasteiger partial charge in [0.15, 0.2) is 5.13 Å². The van der Waals surface area contributed by atoms with Gasteiger partial charge in [-0.05, 0) is 32.0 Å². The number of carbonyl (C=O) groups is 1. The topological polar surface area (TPSA) is 72.7 Å². The Hall–Kier alpha value is -2.41. The minimum atomic E-state index is -4.78. The fraction of sp³-hybridized carbons (Fsp3) is 0.476. The normalized spacial score (nSPS) is 14.9. The highest BCUT2D eigenvalue weighted by atomic mass is 35.5. The molecule has 13 heteroatoms. The largest absolute Gasteiger partial charge is 0.573 e. The van der Waals surface area contributed by atoms with Crippen molar-refractivity contribution in [3.63, 3.8) is 0 Å². The Labute approximate surface area is 204 Å². The Kier molecular flexibility index (Phi) is 8.39. The number of aromatic nitrogens is 3. The first-order valence-corrected chi connectivity index (χ1v) is 11.3. The Balaban J connectivity index is 0.00000324. The SMILES string of the molecule is CC(C)n1nccc1C(=O)N(CCN1CCOCC1)c1nc2ccc(OC(F)(F)F)cc2s1.Cl. The summed E-state index contributed by atoms with van der Waals surface area (Å²) in [6.45, 7) is 7.66. The van der Waals surface area contributed by atoms with Gasteiger partial charge in [0, 0.05) is 44.5 Å². The summed E-state index contributed by atoms with van der Waals surface area (Å²) >= 11 is 1.15. The molecule has 1 aliphatic heterocycles. The molecule has 4 rings (SSSR count). The maximum atomic E-state index is 13.6. The number of rotatable bonds is 7. The van der Waals surface area contributed by atoms with Gasteiger partial charge in [-0.25, -0.2) is 4.98 Å². The van der Waals surface area contributed by atoms with Crippen LogP contribution in [0.3, 0.4) is 0 Å². The van der Waals surface area contributed by atoms with Crippen LogP contribution in [0.25, 0.3) is 10.2 Å². The van der Waals surface area contributed by atoms with Crippen molar-refractivity contribution < 1.29 is 27.4 Å². The summed E-state index contributed by atoms with van der Waals surface area (Å²) in [7, 11) is 0. The Bertz CT molecular complexity index is 1110. The van der Waals surface area contributed by atoms with Crippen molar-refractivity contribution in [1.82, 2.24) is 19.7 Å². The van der Waals surface area contributed by atoms with Crippen LogP contribution in [0, 0.1) is 0 Å². The number of hydrogen-bond donors (Lipinski definition) is 0. The lowest BCUT2D eigenvalue weighted by atomic mass is 10.3. The smallest absolute Gasteiger partial charge is 0.406 e. The molecule has 34 heavy (non-hydrogen) atoms. The molecule has 186 valence electrons. The highest BCUT2D eigenvalue weighted by Gasteiger charge is 2.31. The second kappa shape index (κ2) is 10.9. The zero-order valence-electron chi connectivity index (χ0n) is 18.6. The molecule has 0 bridgehead atoms. The molecule has 0 aliphatic carbocycles. The molecule has 1 fully saturated rings. The highest BCUT2D eigenvalue weighted by Crippen LogP contribution is 2.34. The van der Waals surface area contributed by atoms with E-state index in [1.807, 2.05) is 13.8 Å². The van der Waals surface area contributed by atoms with Crippen molar-refractivity contribution in [3.05, 3.63) is 36.2 Å². The van der Waals surface area contributed by atoms with Crippen molar-refractivity contribution in [1.29, 1.82) is 0 Å². The van der Waals surface area contributed by atoms with Gasteiger partial charge < -0.3 is 9.47 Å². The number of halogens is 4. The standard InChI is InChI=1S/C21H24F3N5O3S.ClH/c1-14(2)29-17(5-6-25-29)19(30)28(8-7-27-9-11-31-12-10-27)20-26-16-4-3-15(13-18(16)33-20)32-21(22,23)24;/h3-6,13-14H,7-12H2,1-2H3;1H. The number of fused-ring (bicyclic) bond motifs is 1. The van der Waals surface area contributed by atoms with E-state index in [0.717, 1.165) is 24.4 Å². The summed E-state index contributed by atoms with van der Waals surface area (Å²) in [5, 5.41) is 4.66. The lowest BCUT2D eigenvalue weighted by Crippen LogP contribution is -2.43. The molecule has 0 spiro atoms. The van der Waals surface area contributed by atoms with E-state index in [1.165, 1.54) is 18.2 Å². The fourth-order valence-corrected chi connectivity index (χ4v) is 4.61. The molecular formula is C21H25ClF3N5O3S. The molecule has 1 amide bonds. The predicted octanol–water partition coefficient (Wildman–Crippen LogP) is 4.37. The Morgan fingerprint density at radius 2 is 2.00 bits per heavy atom. The maximum Gasteiger partial charge on any atom is 0.573 e. The Morgan fingerprint density at radius 1 is 1.26 bits per heavy atom. The first-order valence-electron chi connectivity index (χ1n) is 10.5. The minimum absolute atomic E-state index is 0. The number of morpholine rings is 1.